The van der Waals surface area contributed by atoms with Crippen LogP contribution in [0.2, 0.25) is 0 Å². The molecule has 2 aromatic carbocycles. The normalized spacial score (nSPS) is 18.2. The van der Waals surface area contributed by atoms with E-state index in [2.05, 4.69) is 10.3 Å². The minimum atomic E-state index is -0.984. The molecule has 0 aliphatic carbocycles. The third-order valence-electron chi connectivity index (χ3n) is 5.51. The van der Waals surface area contributed by atoms with Gasteiger partial charge < -0.3 is 15.3 Å². The summed E-state index contributed by atoms with van der Waals surface area (Å²) in [5, 5.41) is 12.4. The molecule has 2 N–H and O–H groups in total. The maximum atomic E-state index is 13.1. The smallest absolute Gasteiger partial charge is 0.407 e. The number of hydrogen-bond acceptors (Lipinski definition) is 3. The Balaban J connectivity index is 1.51. The number of hydrogen-bond donors (Lipinski definition) is 2. The topological polar surface area (TPSA) is 82.5 Å². The van der Waals surface area contributed by atoms with Gasteiger partial charge in [0.1, 0.15) is 0 Å². The van der Waals surface area contributed by atoms with Gasteiger partial charge in [0.2, 0.25) is 5.91 Å². The predicted molar refractivity (Wildman–Crippen MR) is 115 cm³/mol. The number of amides is 2. The van der Waals surface area contributed by atoms with E-state index in [0.29, 0.717) is 18.7 Å². The van der Waals surface area contributed by atoms with Crippen LogP contribution in [-0.4, -0.2) is 40.1 Å². The molecule has 1 fully saturated rings. The van der Waals surface area contributed by atoms with Crippen LogP contribution in [0.4, 0.5) is 10.5 Å². The largest absolute Gasteiger partial charge is 0.465 e. The number of aromatic nitrogens is 1. The Morgan fingerprint density at radius 2 is 1.80 bits per heavy atom. The van der Waals surface area contributed by atoms with E-state index in [4.69, 9.17) is 0 Å². The van der Waals surface area contributed by atoms with Gasteiger partial charge >= 0.3 is 6.09 Å². The second kappa shape index (κ2) is 8.78. The number of carbonyl (C=O) groups is 2. The minimum absolute atomic E-state index is 0.0648. The summed E-state index contributed by atoms with van der Waals surface area (Å²) in [6.07, 6.45) is 3.18. The minimum Gasteiger partial charge on any atom is -0.465 e. The number of benzene rings is 2. The van der Waals surface area contributed by atoms with Gasteiger partial charge in [-0.1, -0.05) is 48.5 Å². The standard InChI is InChI=1S/C24H23N3O3/c28-23(26-21-10-4-8-18(13-21)19-9-5-11-25-14-19)22-16-27(24(29)30)15-20(22)12-17-6-2-1-3-7-17/h1-11,13-14,20,22H,12,15-16H2,(H,26,28)(H,29,30). The van der Waals surface area contributed by atoms with Gasteiger partial charge in [-0.3, -0.25) is 9.78 Å². The molecular weight excluding hydrogens is 378 g/mol. The van der Waals surface area contributed by atoms with Gasteiger partial charge in [0.15, 0.2) is 0 Å². The second-order valence-electron chi connectivity index (χ2n) is 7.56. The number of anilines is 1. The van der Waals surface area contributed by atoms with Crippen molar-refractivity contribution < 1.29 is 14.7 Å². The predicted octanol–water partition coefficient (Wildman–Crippen LogP) is 4.16. The van der Waals surface area contributed by atoms with Crippen molar-refractivity contribution in [3.63, 3.8) is 0 Å². The molecule has 152 valence electrons. The van der Waals surface area contributed by atoms with Crippen molar-refractivity contribution in [3.8, 4) is 11.1 Å². The Labute approximate surface area is 175 Å². The summed E-state index contributed by atoms with van der Waals surface area (Å²) in [5.41, 5.74) is 3.72. The van der Waals surface area contributed by atoms with E-state index in [1.54, 1.807) is 12.4 Å². The SMILES string of the molecule is O=C(Nc1cccc(-c2cccnc2)c1)C1CN(C(=O)O)CC1Cc1ccccc1. The lowest BCUT2D eigenvalue weighted by Crippen LogP contribution is -2.31. The van der Waals surface area contributed by atoms with Gasteiger partial charge in [0, 0.05) is 36.7 Å². The molecule has 1 saturated heterocycles. The first kappa shape index (κ1) is 19.6. The van der Waals surface area contributed by atoms with E-state index in [9.17, 15) is 14.7 Å². The first-order chi connectivity index (χ1) is 14.6. The molecule has 1 aliphatic heterocycles. The molecule has 6 heteroatoms. The van der Waals surface area contributed by atoms with E-state index in [0.717, 1.165) is 16.7 Å². The quantitative estimate of drug-likeness (QED) is 0.673. The fourth-order valence-corrected chi connectivity index (χ4v) is 3.99. The maximum absolute atomic E-state index is 13.1. The number of nitrogens with zero attached hydrogens (tertiary/aromatic N) is 2. The number of likely N-dealkylation sites (tertiary alicyclic amines) is 1. The van der Waals surface area contributed by atoms with E-state index >= 15 is 0 Å². The summed E-state index contributed by atoms with van der Waals surface area (Å²) >= 11 is 0. The summed E-state index contributed by atoms with van der Waals surface area (Å²) in [6, 6.07) is 21.3. The van der Waals surface area contributed by atoms with Crippen molar-refractivity contribution in [2.45, 2.75) is 6.42 Å². The molecule has 2 amide bonds. The van der Waals surface area contributed by atoms with Gasteiger partial charge in [-0.2, -0.15) is 0 Å². The first-order valence-electron chi connectivity index (χ1n) is 9.93. The fraction of sp³-hybridized carbons (Fsp3) is 0.208. The molecule has 2 heterocycles. The van der Waals surface area contributed by atoms with Crippen molar-refractivity contribution in [2.24, 2.45) is 11.8 Å². The highest BCUT2D eigenvalue weighted by molar-refractivity contribution is 5.94. The molecule has 30 heavy (non-hydrogen) atoms. The molecular formula is C24H23N3O3. The highest BCUT2D eigenvalue weighted by Crippen LogP contribution is 2.29. The van der Waals surface area contributed by atoms with Crippen LogP contribution in [-0.2, 0) is 11.2 Å². The van der Waals surface area contributed by atoms with Gasteiger partial charge in [0.05, 0.1) is 5.92 Å². The van der Waals surface area contributed by atoms with Gasteiger partial charge in [0.25, 0.3) is 0 Å². The lowest BCUT2D eigenvalue weighted by Gasteiger charge is -2.18. The van der Waals surface area contributed by atoms with Gasteiger partial charge in [-0.15, -0.1) is 0 Å². The van der Waals surface area contributed by atoms with Crippen LogP contribution < -0.4 is 5.32 Å². The Morgan fingerprint density at radius 3 is 2.53 bits per heavy atom. The van der Waals surface area contributed by atoms with Gasteiger partial charge in [-0.25, -0.2) is 4.79 Å². The van der Waals surface area contributed by atoms with Crippen molar-refractivity contribution in [1.82, 2.24) is 9.88 Å². The highest BCUT2D eigenvalue weighted by Gasteiger charge is 2.39. The molecule has 2 unspecified atom stereocenters. The van der Waals surface area contributed by atoms with Crippen molar-refractivity contribution in [3.05, 3.63) is 84.7 Å². The van der Waals surface area contributed by atoms with Crippen LogP contribution in [0.5, 0.6) is 0 Å². The van der Waals surface area contributed by atoms with E-state index < -0.39 is 12.0 Å². The molecule has 0 bridgehead atoms. The number of carbonyl (C=O) groups excluding carboxylic acids is 1. The summed E-state index contributed by atoms with van der Waals surface area (Å²) in [5.74, 6) is -0.614. The van der Waals surface area contributed by atoms with E-state index in [1.165, 1.54) is 4.90 Å². The summed E-state index contributed by atoms with van der Waals surface area (Å²) in [6.45, 7) is 0.568. The van der Waals surface area contributed by atoms with Crippen molar-refractivity contribution >= 4 is 17.7 Å². The fourth-order valence-electron chi connectivity index (χ4n) is 3.99. The van der Waals surface area contributed by atoms with Crippen molar-refractivity contribution in [1.29, 1.82) is 0 Å². The molecule has 0 saturated carbocycles. The first-order valence-corrected chi connectivity index (χ1v) is 9.93. The number of nitrogens with one attached hydrogen (secondary N) is 1. The molecule has 1 aromatic heterocycles. The van der Waals surface area contributed by atoms with Crippen LogP contribution in [0.1, 0.15) is 5.56 Å². The molecule has 2 atom stereocenters. The summed E-state index contributed by atoms with van der Waals surface area (Å²) in [7, 11) is 0. The number of pyridine rings is 1. The number of rotatable bonds is 5. The summed E-state index contributed by atoms with van der Waals surface area (Å²) in [4.78, 5) is 30.1. The zero-order chi connectivity index (χ0) is 20.9. The molecule has 3 aromatic rings. The zero-order valence-electron chi connectivity index (χ0n) is 16.4. The van der Waals surface area contributed by atoms with Crippen molar-refractivity contribution in [2.75, 3.05) is 18.4 Å². The highest BCUT2D eigenvalue weighted by atomic mass is 16.4. The Bertz CT molecular complexity index is 1020. The number of carboxylic acid groups (broad SMARTS) is 1. The van der Waals surface area contributed by atoms with Crippen LogP contribution in [0.15, 0.2) is 79.1 Å². The molecule has 4 rings (SSSR count). The Morgan fingerprint density at radius 1 is 1.00 bits per heavy atom. The van der Waals surface area contributed by atoms with Crippen LogP contribution in [0.3, 0.4) is 0 Å². The molecule has 0 radical (unpaired) electrons. The Hall–Kier alpha value is -3.67. The average Bonchev–Trinajstić information content (AvgIpc) is 3.20. The van der Waals surface area contributed by atoms with Gasteiger partial charge in [-0.05, 0) is 41.7 Å². The van der Waals surface area contributed by atoms with Crippen LogP contribution in [0.25, 0.3) is 11.1 Å². The average molecular weight is 401 g/mol. The Kier molecular flexibility index (Phi) is 5.75. The molecule has 1 aliphatic rings. The maximum Gasteiger partial charge on any atom is 0.407 e. The monoisotopic (exact) mass is 401 g/mol. The van der Waals surface area contributed by atoms with Crippen LogP contribution in [0, 0.1) is 11.8 Å². The van der Waals surface area contributed by atoms with Crippen LogP contribution >= 0.6 is 0 Å². The third kappa shape index (κ3) is 4.49. The zero-order valence-corrected chi connectivity index (χ0v) is 16.4. The second-order valence-corrected chi connectivity index (χ2v) is 7.56. The summed E-state index contributed by atoms with van der Waals surface area (Å²) < 4.78 is 0. The molecule has 0 spiro atoms. The lowest BCUT2D eigenvalue weighted by molar-refractivity contribution is -0.120. The van der Waals surface area contributed by atoms with E-state index in [1.807, 2.05) is 66.7 Å². The molecule has 6 nitrogen and oxygen atoms in total. The lowest BCUT2D eigenvalue weighted by atomic mass is 9.89. The third-order valence-corrected chi connectivity index (χ3v) is 5.51. The van der Waals surface area contributed by atoms with E-state index in [-0.39, 0.29) is 18.4 Å².